The maximum atomic E-state index is 12.8. The van der Waals surface area contributed by atoms with E-state index in [0.717, 1.165) is 24.8 Å². The molecule has 1 saturated heterocycles. The minimum Gasteiger partial charge on any atom is -0.441 e. The van der Waals surface area contributed by atoms with Crippen LogP contribution in [-0.4, -0.2) is 36.7 Å². The number of hydrogen-bond donors (Lipinski definition) is 1. The van der Waals surface area contributed by atoms with Crippen LogP contribution in [0.5, 0.6) is 0 Å². The SMILES string of the molecule is CC(C)c1ccc(-c2cnc(CCC(=O)Nc3ccc(S(=O)(=O)N4CCCCC4)cc3)o2)cc1. The summed E-state index contributed by atoms with van der Waals surface area (Å²) in [4.78, 5) is 16.9. The van der Waals surface area contributed by atoms with Crippen LogP contribution in [0.2, 0.25) is 0 Å². The van der Waals surface area contributed by atoms with Gasteiger partial charge < -0.3 is 9.73 Å². The Balaban J connectivity index is 1.30. The van der Waals surface area contributed by atoms with Gasteiger partial charge in [0.1, 0.15) is 0 Å². The molecular formula is C26H31N3O4S. The first-order valence-corrected chi connectivity index (χ1v) is 13.2. The van der Waals surface area contributed by atoms with E-state index in [1.54, 1.807) is 30.5 Å². The molecule has 0 saturated carbocycles. The molecule has 0 spiro atoms. The first-order chi connectivity index (χ1) is 16.3. The van der Waals surface area contributed by atoms with Crippen molar-refractivity contribution in [2.24, 2.45) is 0 Å². The Hall–Kier alpha value is -2.97. The lowest BCUT2D eigenvalue weighted by Crippen LogP contribution is -2.35. The van der Waals surface area contributed by atoms with Crippen molar-refractivity contribution in [3.05, 3.63) is 66.2 Å². The molecule has 34 heavy (non-hydrogen) atoms. The summed E-state index contributed by atoms with van der Waals surface area (Å²) in [5.41, 5.74) is 2.77. The number of nitrogens with one attached hydrogen (secondary N) is 1. The maximum absolute atomic E-state index is 12.8. The van der Waals surface area contributed by atoms with Crippen LogP contribution in [0.15, 0.2) is 64.0 Å². The molecule has 2 heterocycles. The number of piperidine rings is 1. The summed E-state index contributed by atoms with van der Waals surface area (Å²) in [6, 6.07) is 14.5. The number of anilines is 1. The Morgan fingerprint density at radius 3 is 2.35 bits per heavy atom. The van der Waals surface area contributed by atoms with E-state index in [1.807, 2.05) is 12.1 Å². The van der Waals surface area contributed by atoms with E-state index in [4.69, 9.17) is 4.42 Å². The fraction of sp³-hybridized carbons (Fsp3) is 0.385. The summed E-state index contributed by atoms with van der Waals surface area (Å²) in [5, 5.41) is 2.81. The maximum Gasteiger partial charge on any atom is 0.243 e. The van der Waals surface area contributed by atoms with E-state index in [9.17, 15) is 13.2 Å². The monoisotopic (exact) mass is 481 g/mol. The van der Waals surface area contributed by atoms with Crippen LogP contribution >= 0.6 is 0 Å². The molecule has 2 aromatic carbocycles. The molecule has 0 unspecified atom stereocenters. The summed E-state index contributed by atoms with van der Waals surface area (Å²) in [6.45, 7) is 5.43. The van der Waals surface area contributed by atoms with Gasteiger partial charge in [-0.2, -0.15) is 4.31 Å². The normalized spacial score (nSPS) is 14.9. The molecule has 0 atom stereocenters. The Kier molecular flexibility index (Phi) is 7.48. The van der Waals surface area contributed by atoms with Crippen LogP contribution < -0.4 is 5.32 Å². The third-order valence-corrected chi connectivity index (χ3v) is 7.99. The van der Waals surface area contributed by atoms with Crippen LogP contribution in [0.3, 0.4) is 0 Å². The first kappa shape index (κ1) is 24.2. The van der Waals surface area contributed by atoms with Crippen molar-refractivity contribution < 1.29 is 17.6 Å². The molecule has 1 aromatic heterocycles. The third-order valence-electron chi connectivity index (χ3n) is 6.07. The highest BCUT2D eigenvalue weighted by atomic mass is 32.2. The summed E-state index contributed by atoms with van der Waals surface area (Å²) in [6.07, 6.45) is 5.11. The van der Waals surface area contributed by atoms with Gasteiger partial charge in [0.15, 0.2) is 11.7 Å². The van der Waals surface area contributed by atoms with Gasteiger partial charge in [0.25, 0.3) is 0 Å². The average molecular weight is 482 g/mol. The largest absolute Gasteiger partial charge is 0.441 e. The Bertz CT molecular complexity index is 1210. The molecule has 1 fully saturated rings. The van der Waals surface area contributed by atoms with Crippen molar-refractivity contribution in [2.75, 3.05) is 18.4 Å². The van der Waals surface area contributed by atoms with Gasteiger partial charge in [-0.25, -0.2) is 13.4 Å². The van der Waals surface area contributed by atoms with Crippen LogP contribution in [0.25, 0.3) is 11.3 Å². The van der Waals surface area contributed by atoms with Gasteiger partial charge in [0.2, 0.25) is 15.9 Å². The molecule has 3 aromatic rings. The number of sulfonamides is 1. The number of nitrogens with zero attached hydrogens (tertiary/aromatic N) is 2. The zero-order valence-electron chi connectivity index (χ0n) is 19.7. The van der Waals surface area contributed by atoms with E-state index >= 15 is 0 Å². The van der Waals surface area contributed by atoms with E-state index in [-0.39, 0.29) is 17.2 Å². The fourth-order valence-electron chi connectivity index (χ4n) is 4.00. The highest BCUT2D eigenvalue weighted by molar-refractivity contribution is 7.89. The van der Waals surface area contributed by atoms with E-state index in [0.29, 0.717) is 42.8 Å². The second kappa shape index (κ2) is 10.5. The molecule has 0 radical (unpaired) electrons. The molecule has 1 N–H and O–H groups in total. The minimum absolute atomic E-state index is 0.187. The van der Waals surface area contributed by atoms with Crippen molar-refractivity contribution in [1.82, 2.24) is 9.29 Å². The molecule has 0 bridgehead atoms. The minimum atomic E-state index is -3.48. The third kappa shape index (κ3) is 5.74. The molecule has 1 aliphatic heterocycles. The molecule has 0 aliphatic carbocycles. The van der Waals surface area contributed by atoms with Crippen molar-refractivity contribution in [3.8, 4) is 11.3 Å². The van der Waals surface area contributed by atoms with E-state index in [1.165, 1.54) is 9.87 Å². The Labute approximate surface area is 201 Å². The molecule has 1 aliphatic rings. The van der Waals surface area contributed by atoms with E-state index in [2.05, 4.69) is 36.3 Å². The van der Waals surface area contributed by atoms with Gasteiger partial charge in [0.05, 0.1) is 11.1 Å². The van der Waals surface area contributed by atoms with Crippen molar-refractivity contribution in [3.63, 3.8) is 0 Å². The number of hydrogen-bond acceptors (Lipinski definition) is 5. The van der Waals surface area contributed by atoms with Crippen LogP contribution in [-0.2, 0) is 21.2 Å². The van der Waals surface area contributed by atoms with Gasteiger partial charge in [-0.1, -0.05) is 44.5 Å². The van der Waals surface area contributed by atoms with Crippen molar-refractivity contribution in [1.29, 1.82) is 0 Å². The molecule has 7 nitrogen and oxygen atoms in total. The molecule has 8 heteroatoms. The lowest BCUT2D eigenvalue weighted by molar-refractivity contribution is -0.116. The van der Waals surface area contributed by atoms with Crippen molar-refractivity contribution >= 4 is 21.6 Å². The van der Waals surface area contributed by atoms with Crippen LogP contribution in [0.1, 0.15) is 56.9 Å². The standard InChI is InChI=1S/C26H31N3O4S/c1-19(2)20-6-8-21(9-7-20)24-18-27-26(33-24)15-14-25(30)28-22-10-12-23(13-11-22)34(31,32)29-16-4-3-5-17-29/h6-13,18-19H,3-5,14-17H2,1-2H3,(H,28,30). The highest BCUT2D eigenvalue weighted by Gasteiger charge is 2.25. The van der Waals surface area contributed by atoms with Gasteiger partial charge in [0, 0.05) is 37.2 Å². The second-order valence-electron chi connectivity index (χ2n) is 8.93. The predicted molar refractivity (Wildman–Crippen MR) is 132 cm³/mol. The van der Waals surface area contributed by atoms with Gasteiger partial charge in [-0.3, -0.25) is 4.79 Å². The molecule has 180 valence electrons. The number of aryl methyl sites for hydroxylation is 1. The number of aromatic nitrogens is 1. The van der Waals surface area contributed by atoms with Crippen molar-refractivity contribution in [2.45, 2.75) is 56.8 Å². The summed E-state index contributed by atoms with van der Waals surface area (Å²) in [7, 11) is -3.48. The average Bonchev–Trinajstić information content (AvgIpc) is 3.33. The Morgan fingerprint density at radius 1 is 1.03 bits per heavy atom. The predicted octanol–water partition coefficient (Wildman–Crippen LogP) is 5.21. The molecular weight excluding hydrogens is 450 g/mol. The molecule has 1 amide bonds. The quantitative estimate of drug-likeness (QED) is 0.477. The zero-order chi connectivity index (χ0) is 24.1. The second-order valence-corrected chi connectivity index (χ2v) is 10.9. The molecule has 4 rings (SSSR count). The fourth-order valence-corrected chi connectivity index (χ4v) is 5.52. The van der Waals surface area contributed by atoms with Crippen LogP contribution in [0.4, 0.5) is 5.69 Å². The number of carbonyl (C=O) groups is 1. The van der Waals surface area contributed by atoms with E-state index < -0.39 is 10.0 Å². The lowest BCUT2D eigenvalue weighted by Gasteiger charge is -2.25. The first-order valence-electron chi connectivity index (χ1n) is 11.8. The topological polar surface area (TPSA) is 92.5 Å². The number of oxazole rings is 1. The Morgan fingerprint density at radius 2 is 1.71 bits per heavy atom. The highest BCUT2D eigenvalue weighted by Crippen LogP contribution is 2.24. The number of rotatable bonds is 8. The number of carbonyl (C=O) groups excluding carboxylic acids is 1. The smallest absolute Gasteiger partial charge is 0.243 e. The van der Waals surface area contributed by atoms with Gasteiger partial charge in [-0.15, -0.1) is 0 Å². The summed E-state index contributed by atoms with van der Waals surface area (Å²) >= 11 is 0. The van der Waals surface area contributed by atoms with Crippen LogP contribution in [0, 0.1) is 0 Å². The van der Waals surface area contributed by atoms with Gasteiger partial charge in [-0.05, 0) is 48.6 Å². The lowest BCUT2D eigenvalue weighted by atomic mass is 10.0. The van der Waals surface area contributed by atoms with Gasteiger partial charge >= 0.3 is 0 Å². The number of amides is 1. The summed E-state index contributed by atoms with van der Waals surface area (Å²) < 4.78 is 32.9. The number of benzene rings is 2. The zero-order valence-corrected chi connectivity index (χ0v) is 20.5. The summed E-state index contributed by atoms with van der Waals surface area (Å²) in [5.74, 6) is 1.46.